The molecule has 0 aliphatic carbocycles. The van der Waals surface area contributed by atoms with Crippen molar-refractivity contribution in [2.45, 2.75) is 12.5 Å². The summed E-state index contributed by atoms with van der Waals surface area (Å²) < 4.78 is 0. The van der Waals surface area contributed by atoms with Crippen molar-refractivity contribution in [3.05, 3.63) is 22.4 Å². The molecule has 0 saturated carbocycles. The van der Waals surface area contributed by atoms with E-state index < -0.39 is 0 Å². The standard InChI is InChI=1S/C9H15NOS.B/c1-10(2)6-5-8(11)9-4-3-7-12-9;/h3-4,7-8,11H,5-6H2,1-2H3;/t8-;/m1./s1. The first-order chi connectivity index (χ1) is 5.70. The van der Waals surface area contributed by atoms with Crippen LogP contribution in [0, 0.1) is 0 Å². The largest absolute Gasteiger partial charge is 0.388 e. The number of rotatable bonds is 4. The third kappa shape index (κ3) is 4.46. The van der Waals surface area contributed by atoms with E-state index >= 15 is 0 Å². The molecule has 71 valence electrons. The summed E-state index contributed by atoms with van der Waals surface area (Å²) in [6.45, 7) is 0.930. The van der Waals surface area contributed by atoms with Crippen LogP contribution in [0.15, 0.2) is 17.5 Å². The van der Waals surface area contributed by atoms with Crippen molar-refractivity contribution >= 4 is 19.7 Å². The highest BCUT2D eigenvalue weighted by molar-refractivity contribution is 7.10. The SMILES string of the molecule is CN(C)CC[C@@H](O)c1cccs1.[B]. The molecular formula is C9H15BNOS. The fraction of sp³-hybridized carbons (Fsp3) is 0.556. The van der Waals surface area contributed by atoms with Crippen molar-refractivity contribution in [1.82, 2.24) is 4.90 Å². The van der Waals surface area contributed by atoms with Gasteiger partial charge < -0.3 is 10.0 Å². The Kier molecular flexibility index (Phi) is 6.04. The average molecular weight is 196 g/mol. The van der Waals surface area contributed by atoms with Crippen LogP contribution in [0.25, 0.3) is 0 Å². The van der Waals surface area contributed by atoms with Gasteiger partial charge in [-0.2, -0.15) is 0 Å². The third-order valence-corrected chi connectivity index (χ3v) is 2.69. The summed E-state index contributed by atoms with van der Waals surface area (Å²) in [6, 6.07) is 3.95. The van der Waals surface area contributed by atoms with Gasteiger partial charge in [0.1, 0.15) is 0 Å². The average Bonchev–Trinajstić information content (AvgIpc) is 2.51. The zero-order chi connectivity index (χ0) is 8.97. The fourth-order valence-electron chi connectivity index (χ4n) is 1.00. The highest BCUT2D eigenvalue weighted by Crippen LogP contribution is 2.21. The van der Waals surface area contributed by atoms with Gasteiger partial charge >= 0.3 is 0 Å². The van der Waals surface area contributed by atoms with E-state index in [1.807, 2.05) is 31.6 Å². The Balaban J connectivity index is 0.00000144. The molecule has 0 aromatic carbocycles. The predicted molar refractivity (Wildman–Crippen MR) is 58.2 cm³/mol. The molecule has 0 aliphatic rings. The number of hydrogen-bond donors (Lipinski definition) is 1. The van der Waals surface area contributed by atoms with Crippen molar-refractivity contribution in [1.29, 1.82) is 0 Å². The monoisotopic (exact) mass is 196 g/mol. The van der Waals surface area contributed by atoms with Gasteiger partial charge in [-0.25, -0.2) is 0 Å². The Morgan fingerprint density at radius 2 is 2.23 bits per heavy atom. The Morgan fingerprint density at radius 1 is 1.54 bits per heavy atom. The van der Waals surface area contributed by atoms with Crippen LogP contribution in [-0.4, -0.2) is 39.1 Å². The minimum absolute atomic E-state index is 0. The quantitative estimate of drug-likeness (QED) is 0.735. The molecule has 0 spiro atoms. The van der Waals surface area contributed by atoms with Crippen LogP contribution in [0.5, 0.6) is 0 Å². The highest BCUT2D eigenvalue weighted by atomic mass is 32.1. The van der Waals surface area contributed by atoms with E-state index in [0.29, 0.717) is 0 Å². The Hall–Kier alpha value is -0.315. The van der Waals surface area contributed by atoms with Crippen molar-refractivity contribution in [3.8, 4) is 0 Å². The first-order valence-electron chi connectivity index (χ1n) is 4.06. The Labute approximate surface area is 85.8 Å². The van der Waals surface area contributed by atoms with E-state index in [1.165, 1.54) is 0 Å². The minimum Gasteiger partial charge on any atom is -0.388 e. The molecule has 1 rings (SSSR count). The van der Waals surface area contributed by atoms with Crippen molar-refractivity contribution in [2.75, 3.05) is 20.6 Å². The van der Waals surface area contributed by atoms with Gasteiger partial charge in [0.2, 0.25) is 0 Å². The van der Waals surface area contributed by atoms with Gasteiger partial charge in [-0.3, -0.25) is 0 Å². The van der Waals surface area contributed by atoms with Crippen LogP contribution >= 0.6 is 11.3 Å². The van der Waals surface area contributed by atoms with Crippen LogP contribution in [0.2, 0.25) is 0 Å². The van der Waals surface area contributed by atoms with Crippen LogP contribution < -0.4 is 0 Å². The van der Waals surface area contributed by atoms with E-state index in [-0.39, 0.29) is 14.5 Å². The van der Waals surface area contributed by atoms with E-state index in [2.05, 4.69) is 4.90 Å². The molecule has 0 unspecified atom stereocenters. The smallest absolute Gasteiger partial charge is 0.0894 e. The number of aliphatic hydroxyl groups is 1. The van der Waals surface area contributed by atoms with Crippen molar-refractivity contribution in [3.63, 3.8) is 0 Å². The molecule has 1 N–H and O–H groups in total. The summed E-state index contributed by atoms with van der Waals surface area (Å²) in [5.41, 5.74) is 0. The second-order valence-corrected chi connectivity index (χ2v) is 4.10. The Morgan fingerprint density at radius 3 is 2.69 bits per heavy atom. The molecule has 0 amide bonds. The molecule has 1 aromatic heterocycles. The summed E-state index contributed by atoms with van der Waals surface area (Å²) in [6.07, 6.45) is 0.528. The van der Waals surface area contributed by atoms with Gasteiger partial charge in [0.15, 0.2) is 0 Å². The maximum atomic E-state index is 9.64. The maximum absolute atomic E-state index is 9.64. The van der Waals surface area contributed by atoms with Crippen LogP contribution in [0.3, 0.4) is 0 Å². The molecule has 1 aromatic rings. The van der Waals surface area contributed by atoms with E-state index in [4.69, 9.17) is 0 Å². The number of nitrogens with zero attached hydrogens (tertiary/aromatic N) is 1. The summed E-state index contributed by atoms with van der Waals surface area (Å²) in [4.78, 5) is 3.15. The lowest BCUT2D eigenvalue weighted by Gasteiger charge is -2.12. The van der Waals surface area contributed by atoms with Crippen LogP contribution in [0.4, 0.5) is 0 Å². The van der Waals surface area contributed by atoms with E-state index in [0.717, 1.165) is 17.8 Å². The zero-order valence-electron chi connectivity index (χ0n) is 8.10. The number of hydrogen-bond acceptors (Lipinski definition) is 3. The highest BCUT2D eigenvalue weighted by Gasteiger charge is 2.07. The van der Waals surface area contributed by atoms with Crippen molar-refractivity contribution in [2.24, 2.45) is 0 Å². The number of thiophene rings is 1. The van der Waals surface area contributed by atoms with Crippen molar-refractivity contribution < 1.29 is 5.11 Å². The molecular weight excluding hydrogens is 181 g/mol. The number of aliphatic hydroxyl groups excluding tert-OH is 1. The molecule has 1 heterocycles. The first kappa shape index (κ1) is 12.7. The first-order valence-corrected chi connectivity index (χ1v) is 4.94. The molecule has 0 aliphatic heterocycles. The van der Waals surface area contributed by atoms with Crippen LogP contribution in [-0.2, 0) is 0 Å². The second-order valence-electron chi connectivity index (χ2n) is 3.12. The molecule has 0 bridgehead atoms. The zero-order valence-corrected chi connectivity index (χ0v) is 8.92. The van der Waals surface area contributed by atoms with E-state index in [9.17, 15) is 5.11 Å². The molecule has 0 fully saturated rings. The van der Waals surface area contributed by atoms with Gasteiger partial charge in [0.25, 0.3) is 0 Å². The molecule has 4 heteroatoms. The van der Waals surface area contributed by atoms with Gasteiger partial charge in [0.05, 0.1) is 6.10 Å². The Bertz CT molecular complexity index is 213. The maximum Gasteiger partial charge on any atom is 0.0894 e. The molecule has 13 heavy (non-hydrogen) atoms. The summed E-state index contributed by atoms with van der Waals surface area (Å²) >= 11 is 1.61. The van der Waals surface area contributed by atoms with E-state index in [1.54, 1.807) is 11.3 Å². The second kappa shape index (κ2) is 6.19. The minimum atomic E-state index is -0.285. The summed E-state index contributed by atoms with van der Waals surface area (Å²) in [5.74, 6) is 0. The summed E-state index contributed by atoms with van der Waals surface area (Å²) in [7, 11) is 4.03. The van der Waals surface area contributed by atoms with Gasteiger partial charge in [-0.1, -0.05) is 6.07 Å². The molecule has 0 saturated heterocycles. The topological polar surface area (TPSA) is 23.5 Å². The summed E-state index contributed by atoms with van der Waals surface area (Å²) in [5, 5.41) is 11.6. The predicted octanol–water partition coefficient (Wildman–Crippen LogP) is 1.35. The third-order valence-electron chi connectivity index (χ3n) is 1.72. The normalized spacial score (nSPS) is 12.6. The lowest BCUT2D eigenvalue weighted by Crippen LogP contribution is -2.15. The van der Waals surface area contributed by atoms with Gasteiger partial charge in [-0.05, 0) is 32.0 Å². The van der Waals surface area contributed by atoms with Crippen LogP contribution in [0.1, 0.15) is 17.4 Å². The van der Waals surface area contributed by atoms with Gasteiger partial charge in [-0.15, -0.1) is 11.3 Å². The molecule has 2 nitrogen and oxygen atoms in total. The fourth-order valence-corrected chi connectivity index (χ4v) is 1.75. The molecule has 1 atom stereocenters. The molecule has 3 radical (unpaired) electrons. The lowest BCUT2D eigenvalue weighted by molar-refractivity contribution is 0.158. The lowest BCUT2D eigenvalue weighted by atomic mass is 10.2. The van der Waals surface area contributed by atoms with Gasteiger partial charge in [0, 0.05) is 19.8 Å².